The molecule has 1 atom stereocenters. The van der Waals surface area contributed by atoms with Crippen LogP contribution in [0.2, 0.25) is 0 Å². The molecule has 0 heterocycles. The van der Waals surface area contributed by atoms with E-state index < -0.39 is 0 Å². The number of rotatable bonds is 5. The maximum absolute atomic E-state index is 11.9. The average Bonchev–Trinajstić information content (AvgIpc) is 2.54. The van der Waals surface area contributed by atoms with Gasteiger partial charge in [0.2, 0.25) is 11.8 Å². The fourth-order valence-electron chi connectivity index (χ4n) is 2.53. The first-order valence-corrected chi connectivity index (χ1v) is 8.75. The number of carbonyl (C=O) groups excluding carboxylic acids is 2. The van der Waals surface area contributed by atoms with Crippen molar-refractivity contribution in [1.82, 2.24) is 5.43 Å². The van der Waals surface area contributed by atoms with Gasteiger partial charge in [0.15, 0.2) is 0 Å². The van der Waals surface area contributed by atoms with Crippen LogP contribution in [0.1, 0.15) is 45.4 Å². The monoisotopic (exact) mass is 379 g/mol. The minimum Gasteiger partial charge on any atom is -0.325 e. The third-order valence-electron chi connectivity index (χ3n) is 3.94. The van der Waals surface area contributed by atoms with E-state index in [1.54, 1.807) is 6.07 Å². The fraction of sp³-hybridized carbons (Fsp3) is 0.471. The molecule has 0 bridgehead atoms. The summed E-state index contributed by atoms with van der Waals surface area (Å²) >= 11 is 3.37. The Labute approximate surface area is 145 Å². The molecular formula is C17H22BrN3O2. The molecule has 0 aromatic heterocycles. The number of hydrazone groups is 1. The molecule has 1 aromatic rings. The summed E-state index contributed by atoms with van der Waals surface area (Å²) in [7, 11) is 0. The molecule has 0 saturated heterocycles. The molecule has 0 spiro atoms. The van der Waals surface area contributed by atoms with E-state index in [9.17, 15) is 9.59 Å². The highest BCUT2D eigenvalue weighted by Crippen LogP contribution is 2.22. The molecule has 2 rings (SSSR count). The van der Waals surface area contributed by atoms with Crippen LogP contribution in [0.25, 0.3) is 0 Å². The predicted octanol–water partition coefficient (Wildman–Crippen LogP) is 3.85. The second-order valence-electron chi connectivity index (χ2n) is 5.81. The van der Waals surface area contributed by atoms with Gasteiger partial charge in [-0.15, -0.1) is 0 Å². The summed E-state index contributed by atoms with van der Waals surface area (Å²) in [5.74, 6) is 0.0195. The van der Waals surface area contributed by atoms with Gasteiger partial charge < -0.3 is 5.32 Å². The van der Waals surface area contributed by atoms with Crippen molar-refractivity contribution in [2.24, 2.45) is 11.0 Å². The van der Waals surface area contributed by atoms with Gasteiger partial charge in [-0.3, -0.25) is 9.59 Å². The molecule has 2 N–H and O–H groups in total. The summed E-state index contributed by atoms with van der Waals surface area (Å²) in [6.07, 6.45) is 4.69. The number of para-hydroxylation sites is 1. The normalized spacial score (nSPS) is 19.4. The summed E-state index contributed by atoms with van der Waals surface area (Å²) in [5.41, 5.74) is 4.33. The van der Waals surface area contributed by atoms with E-state index >= 15 is 0 Å². The second-order valence-corrected chi connectivity index (χ2v) is 6.67. The summed E-state index contributed by atoms with van der Waals surface area (Å²) in [4.78, 5) is 23.7. The predicted molar refractivity (Wildman–Crippen MR) is 95.2 cm³/mol. The van der Waals surface area contributed by atoms with Crippen molar-refractivity contribution in [3.63, 3.8) is 0 Å². The molecular weight excluding hydrogens is 358 g/mol. The number of hydrogen-bond donors (Lipinski definition) is 2. The fourth-order valence-corrected chi connectivity index (χ4v) is 2.91. The highest BCUT2D eigenvalue weighted by atomic mass is 79.9. The van der Waals surface area contributed by atoms with Gasteiger partial charge in [0.1, 0.15) is 0 Å². The topological polar surface area (TPSA) is 70.6 Å². The quantitative estimate of drug-likeness (QED) is 0.762. The Morgan fingerprint density at radius 1 is 1.22 bits per heavy atom. The van der Waals surface area contributed by atoms with Gasteiger partial charge >= 0.3 is 0 Å². The first-order valence-electron chi connectivity index (χ1n) is 7.96. The lowest BCUT2D eigenvalue weighted by Crippen LogP contribution is -2.25. The van der Waals surface area contributed by atoms with Crippen molar-refractivity contribution >= 4 is 39.1 Å². The van der Waals surface area contributed by atoms with Crippen LogP contribution < -0.4 is 10.7 Å². The van der Waals surface area contributed by atoms with Crippen LogP contribution in [0.5, 0.6) is 0 Å². The smallest absolute Gasteiger partial charge is 0.240 e. The Kier molecular flexibility index (Phi) is 6.77. The van der Waals surface area contributed by atoms with Gasteiger partial charge in [-0.25, -0.2) is 5.43 Å². The minimum absolute atomic E-state index is 0.126. The molecule has 0 unspecified atom stereocenters. The molecule has 1 aromatic carbocycles. The first-order chi connectivity index (χ1) is 11.1. The van der Waals surface area contributed by atoms with Crippen molar-refractivity contribution in [3.8, 4) is 0 Å². The summed E-state index contributed by atoms with van der Waals surface area (Å²) in [5, 5.41) is 6.99. The van der Waals surface area contributed by atoms with Gasteiger partial charge in [0.05, 0.1) is 5.69 Å². The lowest BCUT2D eigenvalue weighted by molar-refractivity contribution is -0.124. The molecule has 23 heavy (non-hydrogen) atoms. The van der Waals surface area contributed by atoms with Gasteiger partial charge in [-0.1, -0.05) is 25.5 Å². The Morgan fingerprint density at radius 2 is 1.96 bits per heavy atom. The lowest BCUT2D eigenvalue weighted by atomic mass is 9.89. The second kappa shape index (κ2) is 8.82. The first kappa shape index (κ1) is 17.7. The van der Waals surface area contributed by atoms with Gasteiger partial charge in [0.25, 0.3) is 0 Å². The van der Waals surface area contributed by atoms with Crippen LogP contribution in [0.3, 0.4) is 0 Å². The molecule has 5 nitrogen and oxygen atoms in total. The van der Waals surface area contributed by atoms with E-state index in [2.05, 4.69) is 38.7 Å². The molecule has 1 fully saturated rings. The Hall–Kier alpha value is -1.69. The number of anilines is 1. The molecule has 0 radical (unpaired) electrons. The third-order valence-corrected chi connectivity index (χ3v) is 4.63. The number of nitrogens with zero attached hydrogens (tertiary/aromatic N) is 1. The minimum atomic E-state index is -0.224. The van der Waals surface area contributed by atoms with E-state index in [0.29, 0.717) is 11.6 Å². The van der Waals surface area contributed by atoms with Gasteiger partial charge in [-0.05, 0) is 53.2 Å². The molecule has 6 heteroatoms. The zero-order valence-electron chi connectivity index (χ0n) is 13.3. The van der Waals surface area contributed by atoms with Crippen LogP contribution in [0.4, 0.5) is 5.69 Å². The van der Waals surface area contributed by atoms with Crippen LogP contribution in [0, 0.1) is 5.92 Å². The van der Waals surface area contributed by atoms with Crippen molar-refractivity contribution in [2.75, 3.05) is 5.32 Å². The molecule has 0 aliphatic heterocycles. The Morgan fingerprint density at radius 3 is 2.70 bits per heavy atom. The number of carbonyl (C=O) groups is 2. The molecule has 1 aliphatic carbocycles. The maximum Gasteiger partial charge on any atom is 0.240 e. The molecule has 1 aliphatic rings. The van der Waals surface area contributed by atoms with E-state index in [1.807, 2.05) is 18.2 Å². The number of hydrogen-bond acceptors (Lipinski definition) is 3. The standard InChI is InChI=1S/C17H22BrN3O2/c1-12-6-2-4-8-14(12)20-21-17(23)11-10-16(22)19-15-9-5-3-7-13(15)18/h3,5,7,9,12H,2,4,6,8,10-11H2,1H3,(H,19,22)(H,21,23)/b20-14+/t12-/m0/s1. The van der Waals surface area contributed by atoms with Crippen LogP contribution >= 0.6 is 15.9 Å². The maximum atomic E-state index is 11.9. The van der Waals surface area contributed by atoms with E-state index in [4.69, 9.17) is 0 Å². The van der Waals surface area contributed by atoms with Gasteiger partial charge in [-0.2, -0.15) is 5.10 Å². The molecule has 124 valence electrons. The van der Waals surface area contributed by atoms with Crippen molar-refractivity contribution < 1.29 is 9.59 Å². The largest absolute Gasteiger partial charge is 0.325 e. The average molecular weight is 380 g/mol. The van der Waals surface area contributed by atoms with Crippen LogP contribution in [-0.4, -0.2) is 17.5 Å². The van der Waals surface area contributed by atoms with Crippen LogP contribution in [-0.2, 0) is 9.59 Å². The van der Waals surface area contributed by atoms with E-state index in [0.717, 1.165) is 29.4 Å². The highest BCUT2D eigenvalue weighted by molar-refractivity contribution is 9.10. The SMILES string of the molecule is C[C@H]1CCCC/C1=N\NC(=O)CCC(=O)Nc1ccccc1Br. The number of benzene rings is 1. The summed E-state index contributed by atoms with van der Waals surface area (Å²) < 4.78 is 0.815. The van der Waals surface area contributed by atoms with Crippen molar-refractivity contribution in [3.05, 3.63) is 28.7 Å². The number of nitrogens with one attached hydrogen (secondary N) is 2. The van der Waals surface area contributed by atoms with Crippen molar-refractivity contribution in [1.29, 1.82) is 0 Å². The summed E-state index contributed by atoms with van der Waals surface area (Å²) in [6, 6.07) is 7.37. The molecule has 1 saturated carbocycles. The summed E-state index contributed by atoms with van der Waals surface area (Å²) in [6.45, 7) is 2.13. The van der Waals surface area contributed by atoms with E-state index in [-0.39, 0.29) is 24.7 Å². The van der Waals surface area contributed by atoms with Crippen molar-refractivity contribution in [2.45, 2.75) is 45.4 Å². The zero-order valence-corrected chi connectivity index (χ0v) is 14.9. The number of halogens is 1. The van der Waals surface area contributed by atoms with Crippen LogP contribution in [0.15, 0.2) is 33.8 Å². The Balaban J connectivity index is 1.74. The zero-order chi connectivity index (χ0) is 16.7. The Bertz CT molecular complexity index is 601. The van der Waals surface area contributed by atoms with E-state index in [1.165, 1.54) is 6.42 Å². The number of amides is 2. The third kappa shape index (κ3) is 5.78. The highest BCUT2D eigenvalue weighted by Gasteiger charge is 2.16. The molecule has 2 amide bonds. The van der Waals surface area contributed by atoms with Gasteiger partial charge in [0, 0.05) is 23.0 Å². The lowest BCUT2D eigenvalue weighted by Gasteiger charge is -2.19.